The molecule has 9 heteroatoms. The Kier molecular flexibility index (Phi) is 6.36. The summed E-state index contributed by atoms with van der Waals surface area (Å²) in [5.41, 5.74) is 0.401. The van der Waals surface area contributed by atoms with Crippen molar-refractivity contribution in [2.75, 3.05) is 50.3 Å². The lowest BCUT2D eigenvalue weighted by Gasteiger charge is -2.33. The Morgan fingerprint density at radius 1 is 1.17 bits per heavy atom. The number of sulfonamides is 1. The summed E-state index contributed by atoms with van der Waals surface area (Å²) in [4.78, 5) is 16.3. The first-order chi connectivity index (χ1) is 11.2. The molecule has 0 spiro atoms. The van der Waals surface area contributed by atoms with E-state index in [9.17, 15) is 13.2 Å². The van der Waals surface area contributed by atoms with Crippen molar-refractivity contribution in [1.29, 1.82) is 0 Å². The molecule has 134 valence electrons. The van der Waals surface area contributed by atoms with Gasteiger partial charge in [-0.15, -0.1) is 0 Å². The Balaban J connectivity index is 2.07. The number of likely N-dealkylation sites (N-methyl/N-ethyl adjacent to an activating group) is 1. The monoisotopic (exact) mass is 393 g/mol. The van der Waals surface area contributed by atoms with Crippen LogP contribution >= 0.6 is 23.2 Å². The Morgan fingerprint density at radius 2 is 1.79 bits per heavy atom. The van der Waals surface area contributed by atoms with Gasteiger partial charge in [-0.2, -0.15) is 0 Å². The number of amides is 1. The zero-order chi connectivity index (χ0) is 17.9. The van der Waals surface area contributed by atoms with Crippen LogP contribution in [0, 0.1) is 0 Å². The van der Waals surface area contributed by atoms with E-state index in [-0.39, 0.29) is 23.9 Å². The number of benzene rings is 1. The first-order valence-corrected chi connectivity index (χ1v) is 10.2. The van der Waals surface area contributed by atoms with Crippen LogP contribution in [0.15, 0.2) is 18.2 Å². The summed E-state index contributed by atoms with van der Waals surface area (Å²) in [5.74, 6) is -0.0446. The predicted octanol–water partition coefficient (Wildman–Crippen LogP) is 1.92. The number of carbonyl (C=O) groups is 1. The maximum absolute atomic E-state index is 12.3. The molecule has 0 bridgehead atoms. The second kappa shape index (κ2) is 7.91. The number of hydrogen-bond donors (Lipinski definition) is 0. The molecule has 1 heterocycles. The summed E-state index contributed by atoms with van der Waals surface area (Å²) >= 11 is 11.8. The second-order valence-corrected chi connectivity index (χ2v) is 8.59. The van der Waals surface area contributed by atoms with Gasteiger partial charge < -0.3 is 9.80 Å². The van der Waals surface area contributed by atoms with Gasteiger partial charge in [-0.25, -0.2) is 8.42 Å². The van der Waals surface area contributed by atoms with Crippen molar-refractivity contribution in [1.82, 2.24) is 9.80 Å². The van der Waals surface area contributed by atoms with E-state index in [1.54, 1.807) is 17.0 Å². The topological polar surface area (TPSA) is 60.9 Å². The van der Waals surface area contributed by atoms with Gasteiger partial charge in [-0.1, -0.05) is 23.2 Å². The zero-order valence-electron chi connectivity index (χ0n) is 13.7. The fourth-order valence-corrected chi connectivity index (χ4v) is 3.75. The standard InChI is InChI=1S/C15H21Cl2N3O3S/c1-18-7-9-19(10-8-18)15(21)5-6-20(24(2,22)23)12-3-4-13(16)14(17)11-12/h3-4,11H,5-10H2,1-2H3. The largest absolute Gasteiger partial charge is 0.340 e. The van der Waals surface area contributed by atoms with E-state index >= 15 is 0 Å². The van der Waals surface area contributed by atoms with Gasteiger partial charge in [-0.05, 0) is 25.2 Å². The molecule has 1 aliphatic rings. The van der Waals surface area contributed by atoms with Crippen molar-refractivity contribution in [3.8, 4) is 0 Å². The number of piperazine rings is 1. The van der Waals surface area contributed by atoms with E-state index in [4.69, 9.17) is 23.2 Å². The molecular weight excluding hydrogens is 373 g/mol. The summed E-state index contributed by atoms with van der Waals surface area (Å²) < 4.78 is 25.3. The van der Waals surface area contributed by atoms with E-state index in [0.29, 0.717) is 23.8 Å². The average molecular weight is 394 g/mol. The minimum atomic E-state index is -3.53. The van der Waals surface area contributed by atoms with Gasteiger partial charge in [-0.3, -0.25) is 9.10 Å². The molecule has 0 aliphatic carbocycles. The Morgan fingerprint density at radius 3 is 2.33 bits per heavy atom. The van der Waals surface area contributed by atoms with E-state index in [0.717, 1.165) is 19.3 Å². The number of nitrogens with zero attached hydrogens (tertiary/aromatic N) is 3. The molecule has 1 aromatic rings. The summed E-state index contributed by atoms with van der Waals surface area (Å²) in [7, 11) is -1.52. The van der Waals surface area contributed by atoms with E-state index in [1.807, 2.05) is 7.05 Å². The Bertz CT molecular complexity index is 704. The number of halogens is 2. The zero-order valence-corrected chi connectivity index (χ0v) is 16.0. The Labute approximate surface area is 153 Å². The molecule has 0 atom stereocenters. The van der Waals surface area contributed by atoms with Crippen LogP contribution in [0.4, 0.5) is 5.69 Å². The molecule has 0 saturated carbocycles. The van der Waals surface area contributed by atoms with E-state index in [2.05, 4.69) is 4.90 Å². The number of rotatable bonds is 5. The van der Waals surface area contributed by atoms with Gasteiger partial charge in [0.15, 0.2) is 0 Å². The van der Waals surface area contributed by atoms with Crippen LogP contribution < -0.4 is 4.31 Å². The van der Waals surface area contributed by atoms with E-state index in [1.165, 1.54) is 10.4 Å². The SMILES string of the molecule is CN1CCN(C(=O)CCN(c2ccc(Cl)c(Cl)c2)S(C)(=O)=O)CC1. The van der Waals surface area contributed by atoms with Crippen LogP contribution in [0.1, 0.15) is 6.42 Å². The fourth-order valence-electron chi connectivity index (χ4n) is 2.54. The minimum absolute atomic E-state index is 0.0446. The van der Waals surface area contributed by atoms with E-state index < -0.39 is 10.0 Å². The van der Waals surface area contributed by atoms with Crippen LogP contribution in [-0.4, -0.2) is 70.2 Å². The third-order valence-corrected chi connectivity index (χ3v) is 5.91. The summed E-state index contributed by atoms with van der Waals surface area (Å²) in [6, 6.07) is 4.61. The second-order valence-electron chi connectivity index (χ2n) is 5.87. The van der Waals surface area contributed by atoms with Gasteiger partial charge in [0.25, 0.3) is 0 Å². The number of hydrogen-bond acceptors (Lipinski definition) is 4. The normalized spacial score (nSPS) is 16.2. The molecule has 0 N–H and O–H groups in total. The number of anilines is 1. The average Bonchev–Trinajstić information content (AvgIpc) is 2.50. The predicted molar refractivity (Wildman–Crippen MR) is 97.3 cm³/mol. The van der Waals surface area contributed by atoms with Gasteiger partial charge in [0.05, 0.1) is 22.0 Å². The highest BCUT2D eigenvalue weighted by atomic mass is 35.5. The van der Waals surface area contributed by atoms with Crippen molar-refractivity contribution in [2.45, 2.75) is 6.42 Å². The van der Waals surface area contributed by atoms with Crippen molar-refractivity contribution in [3.63, 3.8) is 0 Å². The third-order valence-electron chi connectivity index (χ3n) is 3.98. The lowest BCUT2D eigenvalue weighted by molar-refractivity contribution is -0.132. The first kappa shape index (κ1) is 19.3. The maximum atomic E-state index is 12.3. The first-order valence-electron chi connectivity index (χ1n) is 7.57. The molecule has 1 fully saturated rings. The van der Waals surface area contributed by atoms with Crippen molar-refractivity contribution in [3.05, 3.63) is 28.2 Å². The molecule has 0 aromatic heterocycles. The summed E-state index contributed by atoms with van der Waals surface area (Å²) in [6.07, 6.45) is 1.23. The molecule has 0 unspecified atom stereocenters. The van der Waals surface area contributed by atoms with Gasteiger partial charge in [0.1, 0.15) is 0 Å². The van der Waals surface area contributed by atoms with Crippen molar-refractivity contribution in [2.24, 2.45) is 0 Å². The van der Waals surface area contributed by atoms with Gasteiger partial charge >= 0.3 is 0 Å². The van der Waals surface area contributed by atoms with Crippen LogP contribution in [-0.2, 0) is 14.8 Å². The van der Waals surface area contributed by atoms with Crippen molar-refractivity contribution >= 4 is 44.8 Å². The third kappa shape index (κ3) is 4.99. The summed E-state index contributed by atoms with van der Waals surface area (Å²) in [5, 5.41) is 0.621. The fraction of sp³-hybridized carbons (Fsp3) is 0.533. The highest BCUT2D eigenvalue weighted by Gasteiger charge is 2.23. The highest BCUT2D eigenvalue weighted by Crippen LogP contribution is 2.28. The van der Waals surface area contributed by atoms with Crippen LogP contribution in [0.3, 0.4) is 0 Å². The quantitative estimate of drug-likeness (QED) is 0.766. The maximum Gasteiger partial charge on any atom is 0.232 e. The molecule has 1 aromatic carbocycles. The smallest absolute Gasteiger partial charge is 0.232 e. The van der Waals surface area contributed by atoms with Gasteiger partial charge in [0.2, 0.25) is 15.9 Å². The highest BCUT2D eigenvalue weighted by molar-refractivity contribution is 7.92. The van der Waals surface area contributed by atoms with Crippen LogP contribution in [0.25, 0.3) is 0 Å². The molecule has 1 saturated heterocycles. The van der Waals surface area contributed by atoms with Crippen molar-refractivity contribution < 1.29 is 13.2 Å². The number of carbonyl (C=O) groups excluding carboxylic acids is 1. The molecule has 1 aliphatic heterocycles. The molecule has 24 heavy (non-hydrogen) atoms. The molecule has 1 amide bonds. The molecule has 6 nitrogen and oxygen atoms in total. The molecule has 2 rings (SSSR count). The molecular formula is C15H21Cl2N3O3S. The van der Waals surface area contributed by atoms with Gasteiger partial charge in [0, 0.05) is 39.1 Å². The summed E-state index contributed by atoms with van der Waals surface area (Å²) in [6.45, 7) is 3.06. The van der Waals surface area contributed by atoms with Crippen LogP contribution in [0.2, 0.25) is 10.0 Å². The lowest BCUT2D eigenvalue weighted by atomic mass is 10.2. The van der Waals surface area contributed by atoms with Crippen LogP contribution in [0.5, 0.6) is 0 Å². The minimum Gasteiger partial charge on any atom is -0.340 e. The Hall–Kier alpha value is -1.02. The lowest BCUT2D eigenvalue weighted by Crippen LogP contribution is -2.48. The molecule has 0 radical (unpaired) electrons.